The quantitative estimate of drug-likeness (QED) is 0.839. The van der Waals surface area contributed by atoms with Crippen LogP contribution in [0.15, 0.2) is 42.5 Å². The number of nitrogen functional groups attached to an aromatic ring is 1. The Kier molecular flexibility index (Phi) is 4.25. The van der Waals surface area contributed by atoms with E-state index in [1.165, 1.54) is 5.56 Å². The third-order valence-electron chi connectivity index (χ3n) is 3.08. The number of methoxy groups -OCH3 is 1. The first-order valence-electron chi connectivity index (χ1n) is 6.48. The zero-order valence-electron chi connectivity index (χ0n) is 11.6. The standard InChI is InChI=1S/C16H18N2O2/c1-3-11-5-4-6-13(9-11)18-16(19)12-7-8-15(20-2)14(17)10-12/h4-10H,3,17H2,1-2H3,(H,18,19). The largest absolute Gasteiger partial charge is 0.495 e. The molecule has 0 aliphatic rings. The smallest absolute Gasteiger partial charge is 0.255 e. The van der Waals surface area contributed by atoms with Crippen LogP contribution in [0.25, 0.3) is 0 Å². The molecule has 0 bridgehead atoms. The van der Waals surface area contributed by atoms with Gasteiger partial charge in [-0.15, -0.1) is 0 Å². The average molecular weight is 270 g/mol. The summed E-state index contributed by atoms with van der Waals surface area (Å²) < 4.78 is 5.07. The normalized spacial score (nSPS) is 10.1. The number of hydrogen-bond acceptors (Lipinski definition) is 3. The van der Waals surface area contributed by atoms with E-state index in [1.54, 1.807) is 25.3 Å². The van der Waals surface area contributed by atoms with E-state index in [9.17, 15) is 4.79 Å². The molecule has 0 aliphatic carbocycles. The molecule has 0 unspecified atom stereocenters. The van der Waals surface area contributed by atoms with E-state index in [4.69, 9.17) is 10.5 Å². The number of nitrogens with two attached hydrogens (primary N) is 1. The van der Waals surface area contributed by atoms with Crippen LogP contribution < -0.4 is 15.8 Å². The summed E-state index contributed by atoms with van der Waals surface area (Å²) in [6, 6.07) is 12.8. The number of carbonyl (C=O) groups excluding carboxylic acids is 1. The molecule has 0 heterocycles. The zero-order valence-corrected chi connectivity index (χ0v) is 11.6. The highest BCUT2D eigenvalue weighted by Crippen LogP contribution is 2.22. The van der Waals surface area contributed by atoms with Crippen LogP contribution in [-0.4, -0.2) is 13.0 Å². The molecule has 0 aliphatic heterocycles. The molecule has 2 rings (SSSR count). The predicted molar refractivity (Wildman–Crippen MR) is 81.2 cm³/mol. The fraction of sp³-hybridized carbons (Fsp3) is 0.188. The Hall–Kier alpha value is -2.49. The summed E-state index contributed by atoms with van der Waals surface area (Å²) in [5.74, 6) is 0.377. The van der Waals surface area contributed by atoms with Crippen molar-refractivity contribution in [2.75, 3.05) is 18.2 Å². The van der Waals surface area contributed by atoms with E-state index in [0.717, 1.165) is 12.1 Å². The van der Waals surface area contributed by atoms with E-state index >= 15 is 0 Å². The molecule has 0 saturated carbocycles. The van der Waals surface area contributed by atoms with E-state index in [0.29, 0.717) is 17.0 Å². The molecular formula is C16H18N2O2. The van der Waals surface area contributed by atoms with Crippen molar-refractivity contribution < 1.29 is 9.53 Å². The van der Waals surface area contributed by atoms with Gasteiger partial charge in [0.05, 0.1) is 12.8 Å². The van der Waals surface area contributed by atoms with Crippen LogP contribution in [0.2, 0.25) is 0 Å². The van der Waals surface area contributed by atoms with Crippen molar-refractivity contribution in [3.8, 4) is 5.75 Å². The second-order valence-electron chi connectivity index (χ2n) is 4.46. The number of rotatable bonds is 4. The summed E-state index contributed by atoms with van der Waals surface area (Å²) in [7, 11) is 1.54. The van der Waals surface area contributed by atoms with E-state index in [-0.39, 0.29) is 5.91 Å². The molecule has 20 heavy (non-hydrogen) atoms. The van der Waals surface area contributed by atoms with Gasteiger partial charge < -0.3 is 15.8 Å². The van der Waals surface area contributed by atoms with Gasteiger partial charge in [-0.2, -0.15) is 0 Å². The van der Waals surface area contributed by atoms with Crippen LogP contribution in [-0.2, 0) is 6.42 Å². The average Bonchev–Trinajstić information content (AvgIpc) is 2.47. The number of benzene rings is 2. The lowest BCUT2D eigenvalue weighted by Gasteiger charge is -2.09. The molecule has 3 N–H and O–H groups in total. The van der Waals surface area contributed by atoms with Gasteiger partial charge in [0.25, 0.3) is 5.91 Å². The van der Waals surface area contributed by atoms with Crippen molar-refractivity contribution in [3.63, 3.8) is 0 Å². The molecule has 0 saturated heterocycles. The highest BCUT2D eigenvalue weighted by atomic mass is 16.5. The van der Waals surface area contributed by atoms with Gasteiger partial charge in [0.15, 0.2) is 0 Å². The summed E-state index contributed by atoms with van der Waals surface area (Å²) in [4.78, 5) is 12.2. The molecule has 0 fully saturated rings. The monoisotopic (exact) mass is 270 g/mol. The fourth-order valence-corrected chi connectivity index (χ4v) is 1.95. The molecule has 2 aromatic carbocycles. The zero-order chi connectivity index (χ0) is 14.5. The Balaban J connectivity index is 2.17. The van der Waals surface area contributed by atoms with Crippen molar-refractivity contribution in [2.24, 2.45) is 0 Å². The predicted octanol–water partition coefficient (Wildman–Crippen LogP) is 3.09. The third kappa shape index (κ3) is 3.09. The van der Waals surface area contributed by atoms with Crippen LogP contribution in [0.4, 0.5) is 11.4 Å². The van der Waals surface area contributed by atoms with Crippen LogP contribution in [0.5, 0.6) is 5.75 Å². The molecule has 104 valence electrons. The Labute approximate surface area is 118 Å². The third-order valence-corrected chi connectivity index (χ3v) is 3.08. The van der Waals surface area contributed by atoms with Gasteiger partial charge in [0, 0.05) is 11.3 Å². The van der Waals surface area contributed by atoms with Gasteiger partial charge in [-0.05, 0) is 42.3 Å². The van der Waals surface area contributed by atoms with Crippen molar-refractivity contribution >= 4 is 17.3 Å². The van der Waals surface area contributed by atoms with Gasteiger partial charge >= 0.3 is 0 Å². The lowest BCUT2D eigenvalue weighted by molar-refractivity contribution is 0.102. The molecule has 0 aromatic heterocycles. The Morgan fingerprint density at radius 3 is 2.70 bits per heavy atom. The number of hydrogen-bond donors (Lipinski definition) is 2. The van der Waals surface area contributed by atoms with Crippen molar-refractivity contribution in [2.45, 2.75) is 13.3 Å². The van der Waals surface area contributed by atoms with Crippen molar-refractivity contribution in [1.29, 1.82) is 0 Å². The number of ether oxygens (including phenoxy) is 1. The molecule has 0 atom stereocenters. The summed E-state index contributed by atoms with van der Waals surface area (Å²) >= 11 is 0. The Bertz CT molecular complexity index is 624. The second-order valence-corrected chi connectivity index (χ2v) is 4.46. The van der Waals surface area contributed by atoms with E-state index in [2.05, 4.69) is 12.2 Å². The summed E-state index contributed by atoms with van der Waals surface area (Å²) in [5.41, 5.74) is 8.71. The minimum Gasteiger partial charge on any atom is -0.495 e. The van der Waals surface area contributed by atoms with Gasteiger partial charge in [-0.1, -0.05) is 19.1 Å². The highest BCUT2D eigenvalue weighted by Gasteiger charge is 2.09. The number of aryl methyl sites for hydroxylation is 1. The lowest BCUT2D eigenvalue weighted by Crippen LogP contribution is -2.12. The lowest BCUT2D eigenvalue weighted by atomic mass is 10.1. The van der Waals surface area contributed by atoms with Crippen molar-refractivity contribution in [1.82, 2.24) is 0 Å². The van der Waals surface area contributed by atoms with Crippen LogP contribution in [0.1, 0.15) is 22.8 Å². The summed E-state index contributed by atoms with van der Waals surface area (Å²) in [6.45, 7) is 2.07. The molecule has 1 amide bonds. The number of anilines is 2. The minimum atomic E-state index is -0.187. The number of carbonyl (C=O) groups is 1. The van der Waals surface area contributed by atoms with Gasteiger partial charge in [0.2, 0.25) is 0 Å². The maximum Gasteiger partial charge on any atom is 0.255 e. The molecule has 0 spiro atoms. The topological polar surface area (TPSA) is 64.3 Å². The number of nitrogens with one attached hydrogen (secondary N) is 1. The molecule has 4 heteroatoms. The molecule has 0 radical (unpaired) electrons. The SMILES string of the molecule is CCc1cccc(NC(=O)c2ccc(OC)c(N)c2)c1. The minimum absolute atomic E-state index is 0.187. The van der Waals surface area contributed by atoms with Crippen LogP contribution >= 0.6 is 0 Å². The summed E-state index contributed by atoms with van der Waals surface area (Å²) in [5, 5.41) is 2.86. The molecule has 2 aromatic rings. The molecular weight excluding hydrogens is 252 g/mol. The Morgan fingerprint density at radius 2 is 2.05 bits per heavy atom. The van der Waals surface area contributed by atoms with Crippen molar-refractivity contribution in [3.05, 3.63) is 53.6 Å². The maximum atomic E-state index is 12.2. The van der Waals surface area contributed by atoms with Gasteiger partial charge in [0.1, 0.15) is 5.75 Å². The van der Waals surface area contributed by atoms with E-state index < -0.39 is 0 Å². The fourth-order valence-electron chi connectivity index (χ4n) is 1.95. The van der Waals surface area contributed by atoms with Crippen LogP contribution in [0, 0.1) is 0 Å². The van der Waals surface area contributed by atoms with Gasteiger partial charge in [-0.25, -0.2) is 0 Å². The van der Waals surface area contributed by atoms with Gasteiger partial charge in [-0.3, -0.25) is 4.79 Å². The highest BCUT2D eigenvalue weighted by molar-refractivity contribution is 6.05. The molecule has 4 nitrogen and oxygen atoms in total. The first kappa shape index (κ1) is 13.9. The first-order valence-corrected chi connectivity index (χ1v) is 6.48. The Morgan fingerprint density at radius 1 is 1.25 bits per heavy atom. The maximum absolute atomic E-state index is 12.2. The first-order chi connectivity index (χ1) is 9.63. The second kappa shape index (κ2) is 6.10. The van der Waals surface area contributed by atoms with E-state index in [1.807, 2.05) is 24.3 Å². The number of amides is 1. The summed E-state index contributed by atoms with van der Waals surface area (Å²) in [6.07, 6.45) is 0.930. The van der Waals surface area contributed by atoms with Crippen LogP contribution in [0.3, 0.4) is 0 Å².